The van der Waals surface area contributed by atoms with Crippen LogP contribution >= 0.6 is 23.1 Å². The Hall–Kier alpha value is -3.65. The number of benzene rings is 3. The van der Waals surface area contributed by atoms with Gasteiger partial charge >= 0.3 is 0 Å². The predicted molar refractivity (Wildman–Crippen MR) is 185 cm³/mol. The molecule has 3 aromatic carbocycles. The first-order valence-electron chi connectivity index (χ1n) is 16.2. The maximum absolute atomic E-state index is 12.4. The van der Waals surface area contributed by atoms with E-state index in [0.717, 1.165) is 67.7 Å². The van der Waals surface area contributed by atoms with Crippen LogP contribution in [0.3, 0.4) is 0 Å². The molecule has 3 atom stereocenters. The fourth-order valence-corrected chi connectivity index (χ4v) is 7.38. The lowest BCUT2D eigenvalue weighted by Crippen LogP contribution is -2.31. The van der Waals surface area contributed by atoms with Gasteiger partial charge in [-0.25, -0.2) is 5.48 Å². The number of aryl methyl sites for hydroxylation is 1. The number of thioether (sulfide) groups is 1. The fourth-order valence-electron chi connectivity index (χ4n) is 5.52. The Morgan fingerprint density at radius 3 is 2.31 bits per heavy atom. The molecule has 1 saturated heterocycles. The number of rotatable bonds is 16. The summed E-state index contributed by atoms with van der Waals surface area (Å²) < 4.78 is 14.0. The van der Waals surface area contributed by atoms with Gasteiger partial charge in [-0.3, -0.25) is 14.8 Å². The third-order valence-electron chi connectivity index (χ3n) is 8.11. The molecule has 4 N–H and O–H groups in total. The molecule has 0 bridgehead atoms. The maximum Gasteiger partial charge on any atom is 0.243 e. The molecule has 12 heteroatoms. The standard InChI is InChI=1S/C36H42N4O6S2/c1-24-38-39-36(48-24)47-23-31-20-32(27-16-14-25(22-41)15-17-27)46-35(45-31)30-11-7-10-29(19-30)28-9-6-8-26(18-28)21-37-33(42)12-4-2-3-5-13-34(43)40-44/h6-11,14-19,31-32,35,41,44H,2-5,12-13,20-23H2,1H3,(H,37,42)(H,40,43)/t31-,32+,35+/m0/s1. The van der Waals surface area contributed by atoms with Crippen molar-refractivity contribution >= 4 is 34.9 Å². The molecule has 0 aliphatic carbocycles. The van der Waals surface area contributed by atoms with Gasteiger partial charge in [-0.2, -0.15) is 0 Å². The van der Waals surface area contributed by atoms with Gasteiger partial charge < -0.3 is 19.9 Å². The van der Waals surface area contributed by atoms with Crippen LogP contribution in [0.15, 0.2) is 77.1 Å². The maximum atomic E-state index is 12.4. The average Bonchev–Trinajstić information content (AvgIpc) is 3.56. The number of ether oxygens (including phenoxy) is 2. The molecule has 2 heterocycles. The summed E-state index contributed by atoms with van der Waals surface area (Å²) in [5.74, 6) is 0.333. The van der Waals surface area contributed by atoms with Crippen molar-refractivity contribution in [3.8, 4) is 11.1 Å². The van der Waals surface area contributed by atoms with Gasteiger partial charge in [-0.15, -0.1) is 10.2 Å². The van der Waals surface area contributed by atoms with Crippen LogP contribution in [0.5, 0.6) is 0 Å². The Labute approximate surface area is 289 Å². The number of hydrogen-bond donors (Lipinski definition) is 4. The van der Waals surface area contributed by atoms with E-state index in [1.54, 1.807) is 28.6 Å². The van der Waals surface area contributed by atoms with Gasteiger partial charge in [0.1, 0.15) is 5.01 Å². The molecule has 0 saturated carbocycles. The van der Waals surface area contributed by atoms with Crippen molar-refractivity contribution in [2.45, 2.75) is 87.9 Å². The van der Waals surface area contributed by atoms with Gasteiger partial charge in [0.05, 0.1) is 18.8 Å². The summed E-state index contributed by atoms with van der Waals surface area (Å²) in [6, 6.07) is 24.2. The average molecular weight is 691 g/mol. The fraction of sp³-hybridized carbons (Fsp3) is 0.389. The number of nitrogens with one attached hydrogen (secondary N) is 2. The molecule has 0 spiro atoms. The number of hydrogen-bond acceptors (Lipinski definition) is 10. The number of unbranched alkanes of at least 4 members (excludes halogenated alkanes) is 3. The van der Waals surface area contributed by atoms with Crippen molar-refractivity contribution in [2.24, 2.45) is 0 Å². The highest BCUT2D eigenvalue weighted by atomic mass is 32.2. The molecule has 0 radical (unpaired) electrons. The van der Waals surface area contributed by atoms with E-state index >= 15 is 0 Å². The molecule has 1 aliphatic heterocycles. The van der Waals surface area contributed by atoms with Crippen LogP contribution < -0.4 is 10.8 Å². The van der Waals surface area contributed by atoms with E-state index in [0.29, 0.717) is 25.8 Å². The number of carbonyl (C=O) groups is 2. The zero-order chi connectivity index (χ0) is 33.7. The molecule has 2 amide bonds. The third-order valence-corrected chi connectivity index (χ3v) is 10.2. The van der Waals surface area contributed by atoms with E-state index < -0.39 is 6.29 Å². The van der Waals surface area contributed by atoms with Crippen LogP contribution in [0.2, 0.25) is 0 Å². The Kier molecular flexibility index (Phi) is 13.5. The molecule has 5 rings (SSSR count). The second-order valence-electron chi connectivity index (χ2n) is 11.8. The Morgan fingerprint density at radius 2 is 1.60 bits per heavy atom. The van der Waals surface area contributed by atoms with E-state index in [4.69, 9.17) is 14.7 Å². The highest BCUT2D eigenvalue weighted by Crippen LogP contribution is 2.40. The van der Waals surface area contributed by atoms with Crippen LogP contribution in [0, 0.1) is 6.92 Å². The molecule has 48 heavy (non-hydrogen) atoms. The van der Waals surface area contributed by atoms with Gasteiger partial charge in [0.2, 0.25) is 11.8 Å². The van der Waals surface area contributed by atoms with Crippen molar-refractivity contribution in [2.75, 3.05) is 5.75 Å². The van der Waals surface area contributed by atoms with Crippen LogP contribution in [-0.4, -0.2) is 44.2 Å². The molecule has 10 nitrogen and oxygen atoms in total. The molecule has 1 fully saturated rings. The zero-order valence-corrected chi connectivity index (χ0v) is 28.6. The number of hydroxylamine groups is 1. The number of carbonyl (C=O) groups excluding carboxylic acids is 2. The smallest absolute Gasteiger partial charge is 0.243 e. The van der Waals surface area contributed by atoms with Crippen molar-refractivity contribution in [1.82, 2.24) is 21.0 Å². The minimum atomic E-state index is -0.572. The number of aliphatic hydroxyl groups excluding tert-OH is 1. The van der Waals surface area contributed by atoms with Crippen LogP contribution in [0.4, 0.5) is 0 Å². The normalized spacial score (nSPS) is 17.6. The van der Waals surface area contributed by atoms with Crippen LogP contribution in [0.1, 0.15) is 84.6 Å². The van der Waals surface area contributed by atoms with E-state index in [9.17, 15) is 14.7 Å². The summed E-state index contributed by atoms with van der Waals surface area (Å²) in [4.78, 5) is 23.5. The summed E-state index contributed by atoms with van der Waals surface area (Å²) in [6.45, 7) is 2.38. The highest BCUT2D eigenvalue weighted by molar-refractivity contribution is 8.01. The molecular weight excluding hydrogens is 649 g/mol. The second-order valence-corrected chi connectivity index (χ2v) is 14.2. The van der Waals surface area contributed by atoms with E-state index in [-0.39, 0.29) is 37.0 Å². The molecule has 4 aromatic rings. The first kappa shape index (κ1) is 35.7. The van der Waals surface area contributed by atoms with Crippen molar-refractivity contribution in [1.29, 1.82) is 0 Å². The molecule has 0 unspecified atom stereocenters. The lowest BCUT2D eigenvalue weighted by molar-refractivity contribution is -0.245. The third kappa shape index (κ3) is 10.7. The number of amides is 2. The van der Waals surface area contributed by atoms with Gasteiger partial charge in [-0.05, 0) is 59.7 Å². The molecule has 1 aliphatic rings. The quantitative estimate of drug-likeness (QED) is 0.0432. The van der Waals surface area contributed by atoms with Crippen molar-refractivity contribution < 1.29 is 29.4 Å². The van der Waals surface area contributed by atoms with Crippen LogP contribution in [0.25, 0.3) is 11.1 Å². The van der Waals surface area contributed by atoms with Gasteiger partial charge in [0, 0.05) is 37.1 Å². The van der Waals surface area contributed by atoms with Gasteiger partial charge in [0.25, 0.3) is 0 Å². The topological polar surface area (TPSA) is 143 Å². The summed E-state index contributed by atoms with van der Waals surface area (Å²) in [5.41, 5.74) is 7.50. The Morgan fingerprint density at radius 1 is 0.875 bits per heavy atom. The predicted octanol–water partition coefficient (Wildman–Crippen LogP) is 6.81. The Bertz CT molecular complexity index is 1630. The summed E-state index contributed by atoms with van der Waals surface area (Å²) in [5, 5.41) is 30.4. The minimum absolute atomic E-state index is 0.00312. The second kappa shape index (κ2) is 18.2. The minimum Gasteiger partial charge on any atom is -0.392 e. The summed E-state index contributed by atoms with van der Waals surface area (Å²) in [7, 11) is 0. The lowest BCUT2D eigenvalue weighted by atomic mass is 9.99. The zero-order valence-electron chi connectivity index (χ0n) is 27.0. The van der Waals surface area contributed by atoms with Crippen molar-refractivity contribution in [3.05, 3.63) is 100 Å². The number of nitrogens with zero attached hydrogens (tertiary/aromatic N) is 2. The van der Waals surface area contributed by atoms with E-state index in [1.807, 2.05) is 55.5 Å². The summed E-state index contributed by atoms with van der Waals surface area (Å²) in [6.07, 6.45) is 3.70. The molecular formula is C36H42N4O6S2. The largest absolute Gasteiger partial charge is 0.392 e. The SMILES string of the molecule is Cc1nnc(SC[C@@H]2C[C@H](c3ccc(CO)cc3)O[C@H](c3cccc(-c4cccc(CNC(=O)CCCCCCC(=O)NO)c4)c3)O2)s1. The first-order valence-corrected chi connectivity index (χ1v) is 18.0. The van der Waals surface area contributed by atoms with E-state index in [1.165, 1.54) is 0 Å². The summed E-state index contributed by atoms with van der Waals surface area (Å²) >= 11 is 3.22. The monoisotopic (exact) mass is 690 g/mol. The highest BCUT2D eigenvalue weighted by Gasteiger charge is 2.32. The van der Waals surface area contributed by atoms with E-state index in [2.05, 4.69) is 39.8 Å². The number of aliphatic hydroxyl groups is 1. The van der Waals surface area contributed by atoms with Crippen molar-refractivity contribution in [3.63, 3.8) is 0 Å². The van der Waals surface area contributed by atoms with Gasteiger partial charge in [0.15, 0.2) is 10.6 Å². The molecule has 1 aromatic heterocycles. The Balaban J connectivity index is 1.21. The number of aromatic nitrogens is 2. The molecule has 254 valence electrons. The van der Waals surface area contributed by atoms with Crippen LogP contribution in [-0.2, 0) is 32.2 Å². The van der Waals surface area contributed by atoms with Gasteiger partial charge in [-0.1, -0.05) is 96.6 Å². The first-order chi connectivity index (χ1) is 23.4. The lowest BCUT2D eigenvalue weighted by Gasteiger charge is -2.36.